The number of ketones is 1. The van der Waals surface area contributed by atoms with Crippen molar-refractivity contribution in [3.05, 3.63) is 0 Å². The first-order valence-electron chi connectivity index (χ1n) is 5.90. The third-order valence-electron chi connectivity index (χ3n) is 2.95. The van der Waals surface area contributed by atoms with Crippen molar-refractivity contribution in [3.63, 3.8) is 0 Å². The molecule has 15 heavy (non-hydrogen) atoms. The molecule has 3 heteroatoms. The summed E-state index contributed by atoms with van der Waals surface area (Å²) in [5.74, 6) is -0.309. The summed E-state index contributed by atoms with van der Waals surface area (Å²) in [4.78, 5) is 13.2. The second-order valence-corrected chi connectivity index (χ2v) is 4.15. The van der Waals surface area contributed by atoms with Gasteiger partial charge in [-0.2, -0.15) is 0 Å². The van der Waals surface area contributed by atoms with Crippen LogP contribution in [0.2, 0.25) is 0 Å². The van der Waals surface area contributed by atoms with Crippen molar-refractivity contribution in [2.24, 2.45) is 0 Å². The fourth-order valence-corrected chi connectivity index (χ4v) is 1.75. The number of nitrogens with zero attached hydrogens (tertiary/aromatic N) is 1. The maximum Gasteiger partial charge on any atom is 0.170 e. The van der Waals surface area contributed by atoms with Gasteiger partial charge in [0, 0.05) is 32.0 Å². The molecule has 0 saturated carbocycles. The molecule has 0 amide bonds. The van der Waals surface area contributed by atoms with Crippen LogP contribution >= 0.6 is 0 Å². The van der Waals surface area contributed by atoms with Gasteiger partial charge in [0.2, 0.25) is 0 Å². The number of rotatable bonds is 2. The predicted molar refractivity (Wildman–Crippen MR) is 61.8 cm³/mol. The van der Waals surface area contributed by atoms with Gasteiger partial charge in [0.25, 0.3) is 0 Å². The molecule has 1 aliphatic rings. The fraction of sp³-hybridized carbons (Fsp3) is 0.917. The Morgan fingerprint density at radius 3 is 1.93 bits per heavy atom. The maximum absolute atomic E-state index is 13.8. The Morgan fingerprint density at radius 2 is 1.67 bits per heavy atom. The third-order valence-corrected chi connectivity index (χ3v) is 2.95. The molecule has 0 bridgehead atoms. The molecule has 0 aromatic rings. The van der Waals surface area contributed by atoms with E-state index in [-0.39, 0.29) is 5.78 Å². The highest BCUT2D eigenvalue weighted by Crippen LogP contribution is 2.28. The van der Waals surface area contributed by atoms with Crippen LogP contribution in [0.15, 0.2) is 0 Å². The Balaban J connectivity index is 0.000000921. The lowest BCUT2D eigenvalue weighted by Gasteiger charge is -2.36. The monoisotopic (exact) mass is 217 g/mol. The quantitative estimate of drug-likeness (QED) is 0.709. The molecule has 90 valence electrons. The van der Waals surface area contributed by atoms with Gasteiger partial charge in [-0.05, 0) is 20.8 Å². The minimum absolute atomic E-state index is 0.309. The lowest BCUT2D eigenvalue weighted by Crippen LogP contribution is -2.47. The molecule has 0 aromatic heterocycles. The molecule has 2 nitrogen and oxygen atoms in total. The molecular weight excluding hydrogens is 193 g/mol. The molecule has 0 N–H and O–H groups in total. The van der Waals surface area contributed by atoms with E-state index < -0.39 is 5.67 Å². The SMILES string of the molecule is CC.CC(=O)C1(F)CCN(C(C)C)CC1. The molecule has 0 spiro atoms. The van der Waals surface area contributed by atoms with E-state index in [0.717, 1.165) is 0 Å². The van der Waals surface area contributed by atoms with Gasteiger partial charge in [-0.1, -0.05) is 13.8 Å². The second kappa shape index (κ2) is 6.21. The number of Topliss-reactive ketones (excluding diaryl/α,β-unsaturated/α-hetero) is 1. The molecule has 0 atom stereocenters. The van der Waals surface area contributed by atoms with Gasteiger partial charge in [0.05, 0.1) is 0 Å². The van der Waals surface area contributed by atoms with Crippen molar-refractivity contribution < 1.29 is 9.18 Å². The Labute approximate surface area is 92.8 Å². The topological polar surface area (TPSA) is 20.3 Å². The number of halogens is 1. The molecule has 0 unspecified atom stereocenters. The normalized spacial score (nSPS) is 20.7. The van der Waals surface area contributed by atoms with E-state index in [1.807, 2.05) is 13.8 Å². The van der Waals surface area contributed by atoms with Crippen LogP contribution in [-0.4, -0.2) is 35.5 Å². The van der Waals surface area contributed by atoms with Gasteiger partial charge in [-0.15, -0.1) is 0 Å². The van der Waals surface area contributed by atoms with Gasteiger partial charge in [0.1, 0.15) is 0 Å². The summed E-state index contributed by atoms with van der Waals surface area (Å²) >= 11 is 0. The van der Waals surface area contributed by atoms with Gasteiger partial charge in [-0.3, -0.25) is 4.79 Å². The van der Waals surface area contributed by atoms with Crippen LogP contribution in [0.5, 0.6) is 0 Å². The summed E-state index contributed by atoms with van der Waals surface area (Å²) in [6, 6.07) is 0.455. The molecular formula is C12H24FNO. The van der Waals surface area contributed by atoms with Crippen LogP contribution < -0.4 is 0 Å². The zero-order valence-electron chi connectivity index (χ0n) is 10.6. The summed E-state index contributed by atoms with van der Waals surface area (Å²) in [7, 11) is 0. The van der Waals surface area contributed by atoms with E-state index in [4.69, 9.17) is 0 Å². The number of hydrogen-bond donors (Lipinski definition) is 0. The number of carbonyl (C=O) groups excluding carboxylic acids is 1. The number of carbonyl (C=O) groups is 1. The van der Waals surface area contributed by atoms with E-state index >= 15 is 0 Å². The first-order valence-corrected chi connectivity index (χ1v) is 5.90. The maximum atomic E-state index is 13.8. The van der Waals surface area contributed by atoms with Crippen molar-refractivity contribution in [1.82, 2.24) is 4.90 Å². The van der Waals surface area contributed by atoms with E-state index in [0.29, 0.717) is 32.0 Å². The lowest BCUT2D eigenvalue weighted by molar-refractivity contribution is -0.131. The summed E-state index contributed by atoms with van der Waals surface area (Å²) in [5.41, 5.74) is -1.54. The van der Waals surface area contributed by atoms with E-state index in [2.05, 4.69) is 18.7 Å². The molecule has 1 rings (SSSR count). The lowest BCUT2D eigenvalue weighted by atomic mass is 9.89. The molecule has 0 radical (unpaired) electrons. The van der Waals surface area contributed by atoms with Gasteiger partial charge >= 0.3 is 0 Å². The second-order valence-electron chi connectivity index (χ2n) is 4.15. The van der Waals surface area contributed by atoms with Crippen LogP contribution in [-0.2, 0) is 4.79 Å². The molecule has 1 saturated heterocycles. The van der Waals surface area contributed by atoms with Gasteiger partial charge < -0.3 is 4.90 Å². The Kier molecular flexibility index (Phi) is 6.03. The number of alkyl halides is 1. The first-order chi connectivity index (χ1) is 6.96. The Hall–Kier alpha value is -0.440. The van der Waals surface area contributed by atoms with E-state index in [1.165, 1.54) is 6.92 Å². The van der Waals surface area contributed by atoms with Crippen LogP contribution in [0, 0.1) is 0 Å². The van der Waals surface area contributed by atoms with E-state index in [9.17, 15) is 9.18 Å². The summed E-state index contributed by atoms with van der Waals surface area (Å²) in [6.07, 6.45) is 0.723. The van der Waals surface area contributed by atoms with Crippen molar-refractivity contribution in [3.8, 4) is 0 Å². The highest BCUT2D eigenvalue weighted by Gasteiger charge is 2.39. The molecule has 1 fully saturated rings. The average Bonchev–Trinajstić information content (AvgIpc) is 2.21. The standard InChI is InChI=1S/C10H18FNO.C2H6/c1-8(2)12-6-4-10(11,5-7-12)9(3)13;1-2/h8H,4-7H2,1-3H3;1-2H3. The Bertz CT molecular complexity index is 196. The zero-order valence-corrected chi connectivity index (χ0v) is 10.6. The molecule has 1 heterocycles. The predicted octanol–water partition coefficient (Wildman–Crippen LogP) is 2.81. The van der Waals surface area contributed by atoms with Gasteiger partial charge in [-0.25, -0.2) is 4.39 Å². The van der Waals surface area contributed by atoms with Crippen molar-refractivity contribution in [2.45, 2.75) is 59.2 Å². The third kappa shape index (κ3) is 3.90. The summed E-state index contributed by atoms with van der Waals surface area (Å²) in [5, 5.41) is 0. The van der Waals surface area contributed by atoms with Gasteiger partial charge in [0.15, 0.2) is 11.5 Å². The largest absolute Gasteiger partial charge is 0.301 e. The van der Waals surface area contributed by atoms with Crippen LogP contribution in [0.3, 0.4) is 0 Å². The number of likely N-dealkylation sites (tertiary alicyclic amines) is 1. The summed E-state index contributed by atoms with van der Waals surface area (Å²) < 4.78 is 13.8. The summed E-state index contributed by atoms with van der Waals surface area (Å²) in [6.45, 7) is 10.9. The van der Waals surface area contributed by atoms with Crippen molar-refractivity contribution in [2.75, 3.05) is 13.1 Å². The minimum Gasteiger partial charge on any atom is -0.301 e. The highest BCUT2D eigenvalue weighted by atomic mass is 19.1. The van der Waals surface area contributed by atoms with Crippen LogP contribution in [0.4, 0.5) is 4.39 Å². The fourth-order valence-electron chi connectivity index (χ4n) is 1.75. The average molecular weight is 217 g/mol. The first kappa shape index (κ1) is 14.6. The van der Waals surface area contributed by atoms with Crippen molar-refractivity contribution in [1.29, 1.82) is 0 Å². The molecule has 0 aliphatic carbocycles. The Morgan fingerprint density at radius 1 is 1.27 bits per heavy atom. The molecule has 1 aliphatic heterocycles. The minimum atomic E-state index is -1.54. The number of piperidine rings is 1. The van der Waals surface area contributed by atoms with Crippen molar-refractivity contribution >= 4 is 5.78 Å². The number of hydrogen-bond acceptors (Lipinski definition) is 2. The smallest absolute Gasteiger partial charge is 0.170 e. The van der Waals surface area contributed by atoms with Crippen LogP contribution in [0.25, 0.3) is 0 Å². The highest BCUT2D eigenvalue weighted by molar-refractivity contribution is 5.84. The zero-order chi connectivity index (χ0) is 12.1. The molecule has 0 aromatic carbocycles. The van der Waals surface area contributed by atoms with Crippen LogP contribution in [0.1, 0.15) is 47.5 Å². The van der Waals surface area contributed by atoms with E-state index in [1.54, 1.807) is 0 Å².